The first-order chi connectivity index (χ1) is 17.7. The van der Waals surface area contributed by atoms with Crippen LogP contribution in [-0.2, 0) is 24.6 Å². The average Bonchev–Trinajstić information content (AvgIpc) is 3.40. The van der Waals surface area contributed by atoms with E-state index in [4.69, 9.17) is 9.57 Å². The van der Waals surface area contributed by atoms with E-state index >= 15 is 0 Å². The number of rotatable bonds is 7. The van der Waals surface area contributed by atoms with Gasteiger partial charge < -0.3 is 9.57 Å². The summed E-state index contributed by atoms with van der Waals surface area (Å²) in [5.41, 5.74) is 2.21. The Labute approximate surface area is 213 Å². The van der Waals surface area contributed by atoms with Crippen LogP contribution < -0.4 is 14.5 Å². The summed E-state index contributed by atoms with van der Waals surface area (Å²) in [4.78, 5) is 53.6. The maximum absolute atomic E-state index is 11.8. The monoisotopic (exact) mass is 494 g/mol. The quantitative estimate of drug-likeness (QED) is 0.451. The largest absolute Gasteiger partial charge is 0.457 e. The van der Waals surface area contributed by atoms with Gasteiger partial charge in [-0.2, -0.15) is 0 Å². The molecule has 4 amide bonds. The van der Waals surface area contributed by atoms with E-state index in [1.807, 2.05) is 36.4 Å². The Morgan fingerprint density at radius 1 is 0.541 bits per heavy atom. The van der Waals surface area contributed by atoms with Crippen LogP contribution in [0.3, 0.4) is 0 Å². The zero-order valence-corrected chi connectivity index (χ0v) is 20.1. The van der Waals surface area contributed by atoms with Crippen LogP contribution in [0.1, 0.15) is 25.0 Å². The second-order valence-corrected chi connectivity index (χ2v) is 9.01. The van der Waals surface area contributed by atoms with Crippen LogP contribution >= 0.6 is 0 Å². The minimum Gasteiger partial charge on any atom is -0.457 e. The highest BCUT2D eigenvalue weighted by atomic mass is 16.7. The third-order valence-corrected chi connectivity index (χ3v) is 6.26. The lowest BCUT2D eigenvalue weighted by molar-refractivity contribution is -0.162. The molecule has 5 rings (SSSR count). The minimum atomic E-state index is -0.512. The lowest BCUT2D eigenvalue weighted by Crippen LogP contribution is -2.33. The molecule has 3 aromatic carbocycles. The van der Waals surface area contributed by atoms with Crippen LogP contribution in [0.2, 0.25) is 0 Å². The molecular weight excluding hydrogens is 472 g/mol. The van der Waals surface area contributed by atoms with Gasteiger partial charge in [-0.15, -0.1) is 0 Å². The highest BCUT2D eigenvalue weighted by Gasteiger charge is 2.27. The molecule has 0 radical (unpaired) electrons. The summed E-state index contributed by atoms with van der Waals surface area (Å²) in [6.07, 6.45) is 4.82. The van der Waals surface area contributed by atoms with Gasteiger partial charge in [-0.25, -0.2) is 4.90 Å². The van der Waals surface area contributed by atoms with E-state index in [9.17, 15) is 19.2 Å². The van der Waals surface area contributed by atoms with Gasteiger partial charge >= 0.3 is 0 Å². The lowest BCUT2D eigenvalue weighted by Gasteiger charge is -2.26. The Balaban J connectivity index is 1.24. The summed E-state index contributed by atoms with van der Waals surface area (Å²) in [5.74, 6) is -0.164. The van der Waals surface area contributed by atoms with E-state index in [0.29, 0.717) is 22.9 Å². The standard InChI is InChI=1S/C29H22N2O6/c1-29(2,20-5-11-24(12-6-20)37-31-27(34)17-18-28(31)35)19-3-9-22(10-4-19)36-23-13-7-21(8-14-23)30-25(32)15-16-26(30)33/h3-18H,1-2H3. The maximum Gasteiger partial charge on any atom is 0.287 e. The first kappa shape index (κ1) is 23.7. The Hall–Kier alpha value is -4.98. The second kappa shape index (κ2) is 9.23. The van der Waals surface area contributed by atoms with E-state index in [-0.39, 0.29) is 17.2 Å². The summed E-state index contributed by atoms with van der Waals surface area (Å²) >= 11 is 0. The number of hydroxylamine groups is 2. The van der Waals surface area contributed by atoms with Crippen molar-refractivity contribution in [3.63, 3.8) is 0 Å². The SMILES string of the molecule is CC(C)(c1ccc(Oc2ccc(N3C(=O)C=CC3=O)cc2)cc1)c1ccc(ON2C(=O)C=CC2=O)cc1. The molecule has 8 nitrogen and oxygen atoms in total. The number of nitrogens with zero attached hydrogens (tertiary/aromatic N) is 2. The normalized spacial score (nSPS) is 15.2. The molecule has 0 N–H and O–H groups in total. The fourth-order valence-corrected chi connectivity index (χ4v) is 4.07. The molecule has 0 aliphatic carbocycles. The van der Waals surface area contributed by atoms with Crippen molar-refractivity contribution in [1.29, 1.82) is 0 Å². The molecule has 0 spiro atoms. The molecule has 2 aliphatic rings. The van der Waals surface area contributed by atoms with Gasteiger partial charge in [0, 0.05) is 29.7 Å². The highest BCUT2D eigenvalue weighted by Crippen LogP contribution is 2.34. The molecule has 2 heterocycles. The van der Waals surface area contributed by atoms with Gasteiger partial charge in [0.25, 0.3) is 23.6 Å². The van der Waals surface area contributed by atoms with Crippen molar-refractivity contribution in [2.24, 2.45) is 0 Å². The number of hydrogen-bond donors (Lipinski definition) is 0. The Kier molecular flexibility index (Phi) is 5.93. The van der Waals surface area contributed by atoms with E-state index in [0.717, 1.165) is 21.1 Å². The van der Waals surface area contributed by atoms with Gasteiger partial charge in [0.1, 0.15) is 11.5 Å². The van der Waals surface area contributed by atoms with Crippen LogP contribution in [-0.4, -0.2) is 28.7 Å². The molecule has 0 saturated carbocycles. The average molecular weight is 495 g/mol. The number of hydrogen-bond acceptors (Lipinski definition) is 6. The lowest BCUT2D eigenvalue weighted by atomic mass is 9.78. The fourth-order valence-electron chi connectivity index (χ4n) is 4.07. The molecule has 184 valence electrons. The maximum atomic E-state index is 11.8. The molecule has 0 aromatic heterocycles. The first-order valence-electron chi connectivity index (χ1n) is 11.5. The number of carbonyl (C=O) groups is 4. The smallest absolute Gasteiger partial charge is 0.287 e. The van der Waals surface area contributed by atoms with E-state index in [1.165, 1.54) is 24.3 Å². The summed E-state index contributed by atoms with van der Waals surface area (Å²) in [5, 5.41) is 0.717. The van der Waals surface area contributed by atoms with Crippen molar-refractivity contribution in [1.82, 2.24) is 5.06 Å². The van der Waals surface area contributed by atoms with E-state index in [1.54, 1.807) is 36.4 Å². The van der Waals surface area contributed by atoms with Crippen LogP contribution in [0.15, 0.2) is 97.1 Å². The number of anilines is 1. The van der Waals surface area contributed by atoms with Gasteiger partial charge in [0.2, 0.25) is 0 Å². The highest BCUT2D eigenvalue weighted by molar-refractivity contribution is 6.28. The predicted octanol–water partition coefficient (Wildman–Crippen LogP) is 4.45. The fraction of sp³-hybridized carbons (Fsp3) is 0.103. The van der Waals surface area contributed by atoms with Crippen LogP contribution in [0.5, 0.6) is 17.2 Å². The number of amides is 4. The van der Waals surface area contributed by atoms with Gasteiger partial charge in [-0.3, -0.25) is 19.2 Å². The van der Waals surface area contributed by atoms with Crippen molar-refractivity contribution in [3.05, 3.63) is 108 Å². The van der Waals surface area contributed by atoms with Crippen molar-refractivity contribution in [2.75, 3.05) is 4.90 Å². The molecule has 0 bridgehead atoms. The number of imide groups is 2. The number of carbonyl (C=O) groups excluding carboxylic acids is 4. The van der Waals surface area contributed by atoms with Crippen LogP contribution in [0.25, 0.3) is 0 Å². The number of ether oxygens (including phenoxy) is 1. The third kappa shape index (κ3) is 4.64. The summed E-state index contributed by atoms with van der Waals surface area (Å²) in [7, 11) is 0. The predicted molar refractivity (Wildman–Crippen MR) is 135 cm³/mol. The molecule has 3 aromatic rings. The Morgan fingerprint density at radius 3 is 1.43 bits per heavy atom. The first-order valence-corrected chi connectivity index (χ1v) is 11.5. The second-order valence-electron chi connectivity index (χ2n) is 9.01. The Morgan fingerprint density at radius 2 is 0.946 bits per heavy atom. The van der Waals surface area contributed by atoms with Crippen LogP contribution in [0, 0.1) is 0 Å². The van der Waals surface area contributed by atoms with Gasteiger partial charge in [-0.1, -0.05) is 43.2 Å². The van der Waals surface area contributed by atoms with Gasteiger partial charge in [-0.05, 0) is 59.7 Å². The number of benzene rings is 3. The molecule has 8 heteroatoms. The van der Waals surface area contributed by atoms with E-state index in [2.05, 4.69) is 13.8 Å². The zero-order chi connectivity index (χ0) is 26.2. The van der Waals surface area contributed by atoms with Crippen molar-refractivity contribution >= 4 is 29.3 Å². The minimum absolute atomic E-state index is 0.345. The Bertz CT molecular complexity index is 1420. The van der Waals surface area contributed by atoms with Gasteiger partial charge in [0.15, 0.2) is 5.75 Å². The van der Waals surface area contributed by atoms with Crippen molar-refractivity contribution in [3.8, 4) is 17.2 Å². The molecule has 37 heavy (non-hydrogen) atoms. The van der Waals surface area contributed by atoms with Crippen molar-refractivity contribution < 1.29 is 28.8 Å². The summed E-state index contributed by atoms with van der Waals surface area (Å²) in [6, 6.07) is 21.7. The molecular formula is C29H22N2O6. The molecule has 0 fully saturated rings. The summed E-state index contributed by atoms with van der Waals surface area (Å²) < 4.78 is 5.93. The molecule has 0 saturated heterocycles. The van der Waals surface area contributed by atoms with E-state index < -0.39 is 11.8 Å². The van der Waals surface area contributed by atoms with Crippen LogP contribution in [0.4, 0.5) is 5.69 Å². The molecule has 0 unspecified atom stereocenters. The summed E-state index contributed by atoms with van der Waals surface area (Å²) in [6.45, 7) is 4.18. The molecule has 2 aliphatic heterocycles. The zero-order valence-electron chi connectivity index (χ0n) is 20.1. The van der Waals surface area contributed by atoms with Gasteiger partial charge in [0.05, 0.1) is 5.69 Å². The topological polar surface area (TPSA) is 93.2 Å². The third-order valence-electron chi connectivity index (χ3n) is 6.26. The van der Waals surface area contributed by atoms with Crippen molar-refractivity contribution in [2.45, 2.75) is 19.3 Å². The molecule has 0 atom stereocenters.